The van der Waals surface area contributed by atoms with Crippen LogP contribution in [0.15, 0.2) is 6.07 Å². The van der Waals surface area contributed by atoms with Gasteiger partial charge < -0.3 is 9.47 Å². The molecule has 0 spiro atoms. The third-order valence-corrected chi connectivity index (χ3v) is 2.92. The molecule has 0 unspecified atom stereocenters. The number of hydrogen-bond acceptors (Lipinski definition) is 4. The molecular weight excluding hydrogens is 369 g/mol. The predicted molar refractivity (Wildman–Crippen MR) is 64.2 cm³/mol. The second-order valence-corrected chi connectivity index (χ2v) is 4.28. The molecule has 0 aliphatic carbocycles. The molecule has 0 aliphatic heterocycles. The molecule has 1 heterocycles. The van der Waals surface area contributed by atoms with Gasteiger partial charge in [-0.25, -0.2) is 13.8 Å². The van der Waals surface area contributed by atoms with E-state index in [1.54, 1.807) is 0 Å². The van der Waals surface area contributed by atoms with Gasteiger partial charge in [0, 0.05) is 5.33 Å². The predicted octanol–water partition coefficient (Wildman–Crippen LogP) is 3.53. The lowest BCUT2D eigenvalue weighted by Crippen LogP contribution is -2.20. The van der Waals surface area contributed by atoms with Gasteiger partial charge in [-0.15, -0.1) is 13.2 Å². The van der Waals surface area contributed by atoms with Gasteiger partial charge in [0.05, 0.1) is 24.8 Å². The molecule has 10 heteroatoms. The number of esters is 1. The molecule has 1 rings (SSSR count). The number of methoxy groups -OCH3 is 1. The lowest BCUT2D eigenvalue weighted by Gasteiger charge is -2.15. The maximum absolute atomic E-state index is 12.8. The molecule has 0 amide bonds. The van der Waals surface area contributed by atoms with Gasteiger partial charge >= 0.3 is 12.3 Å². The quantitative estimate of drug-likeness (QED) is 0.447. The molecule has 0 atom stereocenters. The summed E-state index contributed by atoms with van der Waals surface area (Å²) in [7, 11) is 1.08. The molecule has 0 aromatic carbocycles. The van der Waals surface area contributed by atoms with E-state index >= 15 is 0 Å². The third-order valence-electron chi connectivity index (χ3n) is 2.31. The fourth-order valence-electron chi connectivity index (χ4n) is 1.42. The van der Waals surface area contributed by atoms with Gasteiger partial charge in [0.25, 0.3) is 6.43 Å². The Morgan fingerprint density at radius 3 is 2.48 bits per heavy atom. The van der Waals surface area contributed by atoms with Crippen LogP contribution in [0.25, 0.3) is 0 Å². The molecule has 21 heavy (non-hydrogen) atoms. The standard InChI is InChI=1S/C11H9BrF5NO3/c1-20-8(19)3-7-5(4-12)2-6(9(13)14)10(18-7)21-11(15,16)17/h2,9H,3-4H2,1H3. The number of nitrogens with zero attached hydrogens (tertiary/aromatic N) is 1. The number of ether oxygens (including phenoxy) is 2. The Kier molecular flexibility index (Phi) is 5.87. The molecule has 0 saturated carbocycles. The summed E-state index contributed by atoms with van der Waals surface area (Å²) >= 11 is 2.99. The van der Waals surface area contributed by atoms with E-state index in [1.807, 2.05) is 0 Å². The second-order valence-electron chi connectivity index (χ2n) is 3.72. The molecule has 0 aliphatic rings. The van der Waals surface area contributed by atoms with Crippen LogP contribution >= 0.6 is 15.9 Å². The minimum absolute atomic E-state index is 0.0261. The van der Waals surface area contributed by atoms with Gasteiger partial charge in [-0.1, -0.05) is 15.9 Å². The highest BCUT2D eigenvalue weighted by molar-refractivity contribution is 9.08. The Hall–Kier alpha value is -1.45. The van der Waals surface area contributed by atoms with E-state index in [0.29, 0.717) is 0 Å². The first kappa shape index (κ1) is 17.6. The summed E-state index contributed by atoms with van der Waals surface area (Å²) in [6.07, 6.45) is -8.84. The molecule has 0 N–H and O–H groups in total. The maximum Gasteiger partial charge on any atom is 0.574 e. The van der Waals surface area contributed by atoms with Crippen LogP contribution in [0.5, 0.6) is 5.88 Å². The molecule has 0 radical (unpaired) electrons. The van der Waals surface area contributed by atoms with Crippen LogP contribution in [-0.2, 0) is 21.3 Å². The number of aromatic nitrogens is 1. The zero-order valence-electron chi connectivity index (χ0n) is 10.5. The van der Waals surface area contributed by atoms with Crippen LogP contribution in [0, 0.1) is 0 Å². The molecule has 118 valence electrons. The Morgan fingerprint density at radius 1 is 1.43 bits per heavy atom. The highest BCUT2D eigenvalue weighted by Gasteiger charge is 2.35. The fraction of sp³-hybridized carbons (Fsp3) is 0.455. The maximum atomic E-state index is 12.8. The molecule has 0 saturated heterocycles. The van der Waals surface area contributed by atoms with Crippen LogP contribution in [0.1, 0.15) is 23.2 Å². The average molecular weight is 378 g/mol. The van der Waals surface area contributed by atoms with Crippen molar-refractivity contribution < 1.29 is 36.2 Å². The van der Waals surface area contributed by atoms with Crippen molar-refractivity contribution in [3.8, 4) is 5.88 Å². The van der Waals surface area contributed by atoms with E-state index in [1.165, 1.54) is 0 Å². The molecule has 4 nitrogen and oxygen atoms in total. The van der Waals surface area contributed by atoms with Crippen molar-refractivity contribution in [1.82, 2.24) is 4.98 Å². The van der Waals surface area contributed by atoms with Crippen molar-refractivity contribution >= 4 is 21.9 Å². The summed E-state index contributed by atoms with van der Waals surface area (Å²) in [5.74, 6) is -2.05. The van der Waals surface area contributed by atoms with Gasteiger partial charge in [0.2, 0.25) is 5.88 Å². The topological polar surface area (TPSA) is 48.4 Å². The first-order valence-corrected chi connectivity index (χ1v) is 6.49. The van der Waals surface area contributed by atoms with E-state index in [-0.39, 0.29) is 16.6 Å². The van der Waals surface area contributed by atoms with Crippen molar-refractivity contribution in [3.05, 3.63) is 22.9 Å². The number of pyridine rings is 1. The fourth-order valence-corrected chi connectivity index (χ4v) is 1.90. The number of alkyl halides is 6. The molecule has 0 bridgehead atoms. The summed E-state index contributed by atoms with van der Waals surface area (Å²) in [5, 5.41) is 0.0261. The number of rotatable bonds is 5. The van der Waals surface area contributed by atoms with Gasteiger partial charge in [0.1, 0.15) is 0 Å². The zero-order valence-corrected chi connectivity index (χ0v) is 12.1. The van der Waals surface area contributed by atoms with Crippen molar-refractivity contribution in [2.24, 2.45) is 0 Å². The van der Waals surface area contributed by atoms with Crippen molar-refractivity contribution in [1.29, 1.82) is 0 Å². The third kappa shape index (κ3) is 5.10. The Balaban J connectivity index is 3.31. The Labute approximate surface area is 124 Å². The Morgan fingerprint density at radius 2 is 2.05 bits per heavy atom. The van der Waals surface area contributed by atoms with E-state index in [4.69, 9.17) is 0 Å². The van der Waals surface area contributed by atoms with Gasteiger partial charge in [-0.2, -0.15) is 0 Å². The molecule has 0 fully saturated rings. The first-order valence-electron chi connectivity index (χ1n) is 5.37. The van der Waals surface area contributed by atoms with Crippen molar-refractivity contribution in [3.63, 3.8) is 0 Å². The van der Waals surface area contributed by atoms with E-state index in [2.05, 4.69) is 30.4 Å². The number of carbonyl (C=O) groups is 1. The summed E-state index contributed by atoms with van der Waals surface area (Å²) in [4.78, 5) is 14.6. The summed E-state index contributed by atoms with van der Waals surface area (Å²) < 4.78 is 70.1. The summed E-state index contributed by atoms with van der Waals surface area (Å²) in [5.41, 5.74) is -0.997. The molecular formula is C11H9BrF5NO3. The number of hydrogen-bond donors (Lipinski definition) is 0. The summed E-state index contributed by atoms with van der Waals surface area (Å²) in [6, 6.07) is 0.811. The van der Waals surface area contributed by atoms with Gasteiger partial charge in [-0.3, -0.25) is 4.79 Å². The van der Waals surface area contributed by atoms with Crippen molar-refractivity contribution in [2.75, 3.05) is 7.11 Å². The number of halogens is 6. The first-order chi connectivity index (χ1) is 9.67. The zero-order chi connectivity index (χ0) is 16.2. The van der Waals surface area contributed by atoms with Crippen molar-refractivity contribution in [2.45, 2.75) is 24.5 Å². The highest BCUT2D eigenvalue weighted by Crippen LogP contribution is 2.33. The second kappa shape index (κ2) is 7.01. The molecule has 1 aromatic rings. The van der Waals surface area contributed by atoms with Crippen LogP contribution in [0.2, 0.25) is 0 Å². The van der Waals surface area contributed by atoms with Gasteiger partial charge in [0.15, 0.2) is 0 Å². The lowest BCUT2D eigenvalue weighted by atomic mass is 10.1. The van der Waals surface area contributed by atoms with Crippen LogP contribution in [-0.4, -0.2) is 24.4 Å². The van der Waals surface area contributed by atoms with E-state index in [9.17, 15) is 26.7 Å². The van der Waals surface area contributed by atoms with Crippen LogP contribution in [0.4, 0.5) is 22.0 Å². The van der Waals surface area contributed by atoms with E-state index < -0.39 is 36.6 Å². The minimum Gasteiger partial charge on any atom is -0.469 e. The normalized spacial score (nSPS) is 11.6. The summed E-state index contributed by atoms with van der Waals surface area (Å²) in [6.45, 7) is 0. The van der Waals surface area contributed by atoms with Crippen LogP contribution < -0.4 is 4.74 Å². The Bertz CT molecular complexity index is 521. The highest BCUT2D eigenvalue weighted by atomic mass is 79.9. The largest absolute Gasteiger partial charge is 0.574 e. The van der Waals surface area contributed by atoms with Gasteiger partial charge in [-0.05, 0) is 11.6 Å². The lowest BCUT2D eigenvalue weighted by molar-refractivity contribution is -0.276. The van der Waals surface area contributed by atoms with E-state index in [0.717, 1.165) is 13.2 Å². The minimum atomic E-state index is -5.17. The monoisotopic (exact) mass is 377 g/mol. The van der Waals surface area contributed by atoms with Crippen LogP contribution in [0.3, 0.4) is 0 Å². The average Bonchev–Trinajstić information content (AvgIpc) is 2.36. The molecule has 1 aromatic heterocycles. The SMILES string of the molecule is COC(=O)Cc1nc(OC(F)(F)F)c(C(F)F)cc1CBr. The number of carbonyl (C=O) groups excluding carboxylic acids is 1. The smallest absolute Gasteiger partial charge is 0.469 e.